The smallest absolute Gasteiger partial charge is 0.172 e. The fourth-order valence-electron chi connectivity index (χ4n) is 1.94. The lowest BCUT2D eigenvalue weighted by atomic mass is 10.0. The van der Waals surface area contributed by atoms with E-state index in [2.05, 4.69) is 18.2 Å². The van der Waals surface area contributed by atoms with Gasteiger partial charge < -0.3 is 9.47 Å². The zero-order valence-electron chi connectivity index (χ0n) is 9.30. The van der Waals surface area contributed by atoms with E-state index in [1.54, 1.807) is 12.5 Å². The van der Waals surface area contributed by atoms with Crippen LogP contribution in [0.25, 0.3) is 0 Å². The number of para-hydroxylation sites is 1. The molecule has 2 aromatic carbocycles. The van der Waals surface area contributed by atoms with E-state index < -0.39 is 0 Å². The van der Waals surface area contributed by atoms with Gasteiger partial charge in [-0.25, -0.2) is 0 Å². The minimum absolute atomic E-state index is 0.779. The van der Waals surface area contributed by atoms with Crippen molar-refractivity contribution in [2.24, 2.45) is 0 Å². The average Bonchev–Trinajstić information content (AvgIpc) is 2.40. The van der Waals surface area contributed by atoms with Crippen LogP contribution in [0.15, 0.2) is 61.1 Å². The number of hydrogen-bond donors (Lipinski definition) is 0. The molecule has 0 atom stereocenters. The van der Waals surface area contributed by atoms with Gasteiger partial charge in [0.25, 0.3) is 0 Å². The van der Waals surface area contributed by atoms with Crippen molar-refractivity contribution in [2.75, 3.05) is 0 Å². The first-order chi connectivity index (χ1) is 8.43. The van der Waals surface area contributed by atoms with Crippen LogP contribution in [0, 0.1) is 0 Å². The van der Waals surface area contributed by atoms with Gasteiger partial charge in [0, 0.05) is 12.0 Å². The number of hydrogen-bond acceptors (Lipinski definition) is 2. The molecule has 0 aliphatic carbocycles. The Morgan fingerprint density at radius 3 is 2.47 bits per heavy atom. The zero-order valence-corrected chi connectivity index (χ0v) is 9.30. The molecule has 1 heterocycles. The Morgan fingerprint density at radius 2 is 1.59 bits per heavy atom. The molecule has 0 unspecified atom stereocenters. The van der Waals surface area contributed by atoms with Gasteiger partial charge in [0.1, 0.15) is 12.5 Å². The first kappa shape index (κ1) is 9.97. The number of fused-ring (bicyclic) bond motifs is 1. The molecule has 17 heavy (non-hydrogen) atoms. The highest BCUT2D eigenvalue weighted by molar-refractivity contribution is 5.50. The lowest BCUT2D eigenvalue weighted by molar-refractivity contribution is 0.359. The Morgan fingerprint density at radius 1 is 0.765 bits per heavy atom. The highest BCUT2D eigenvalue weighted by Crippen LogP contribution is 2.34. The maximum Gasteiger partial charge on any atom is 0.172 e. The Hall–Kier alpha value is -2.22. The number of rotatable bonds is 2. The van der Waals surface area contributed by atoms with E-state index >= 15 is 0 Å². The van der Waals surface area contributed by atoms with Crippen molar-refractivity contribution in [3.05, 3.63) is 72.2 Å². The number of benzene rings is 2. The van der Waals surface area contributed by atoms with E-state index in [4.69, 9.17) is 9.47 Å². The van der Waals surface area contributed by atoms with Gasteiger partial charge >= 0.3 is 0 Å². The fourth-order valence-corrected chi connectivity index (χ4v) is 1.94. The minimum atomic E-state index is 0.779. The van der Waals surface area contributed by atoms with Crippen molar-refractivity contribution >= 4 is 0 Å². The molecule has 2 heteroatoms. The van der Waals surface area contributed by atoms with Crippen molar-refractivity contribution in [1.29, 1.82) is 0 Å². The van der Waals surface area contributed by atoms with E-state index in [1.807, 2.05) is 30.3 Å². The predicted octanol–water partition coefficient (Wildman–Crippen LogP) is 3.52. The quantitative estimate of drug-likeness (QED) is 0.777. The molecule has 3 rings (SSSR count). The summed E-state index contributed by atoms with van der Waals surface area (Å²) in [5.41, 5.74) is 2.40. The van der Waals surface area contributed by atoms with Gasteiger partial charge in [0.15, 0.2) is 11.5 Å². The third kappa shape index (κ3) is 2.02. The van der Waals surface area contributed by atoms with E-state index in [9.17, 15) is 0 Å². The van der Waals surface area contributed by atoms with Crippen LogP contribution in [-0.4, -0.2) is 0 Å². The second kappa shape index (κ2) is 4.34. The highest BCUT2D eigenvalue weighted by Gasteiger charge is 2.13. The lowest BCUT2D eigenvalue weighted by Gasteiger charge is -2.15. The van der Waals surface area contributed by atoms with Gasteiger partial charge in [-0.3, -0.25) is 0 Å². The summed E-state index contributed by atoms with van der Waals surface area (Å²) < 4.78 is 10.9. The van der Waals surface area contributed by atoms with Crippen LogP contribution >= 0.6 is 0 Å². The first-order valence-electron chi connectivity index (χ1n) is 5.57. The van der Waals surface area contributed by atoms with Crippen molar-refractivity contribution in [1.82, 2.24) is 0 Å². The highest BCUT2D eigenvalue weighted by atomic mass is 16.5. The predicted molar refractivity (Wildman–Crippen MR) is 66.1 cm³/mol. The largest absolute Gasteiger partial charge is 0.458 e. The molecule has 1 aliphatic rings. The summed E-state index contributed by atoms with van der Waals surface area (Å²) in [6.07, 6.45) is 3.96. The van der Waals surface area contributed by atoms with Crippen LogP contribution in [0.1, 0.15) is 11.1 Å². The Bertz CT molecular complexity index is 544. The molecule has 0 saturated carbocycles. The molecule has 0 aromatic heterocycles. The SMILES string of the molecule is C1=COc2c(Cc3ccccc3)cccc2O1. The monoisotopic (exact) mass is 224 g/mol. The van der Waals surface area contributed by atoms with Crippen LogP contribution in [-0.2, 0) is 6.42 Å². The summed E-state index contributed by atoms with van der Waals surface area (Å²) in [5.74, 6) is 1.60. The van der Waals surface area contributed by atoms with Gasteiger partial charge in [-0.05, 0) is 11.6 Å². The Labute approximate surface area is 100 Å². The van der Waals surface area contributed by atoms with Gasteiger partial charge in [-0.15, -0.1) is 0 Å². The molecule has 0 N–H and O–H groups in total. The topological polar surface area (TPSA) is 18.5 Å². The fraction of sp³-hybridized carbons (Fsp3) is 0.0667. The van der Waals surface area contributed by atoms with Crippen LogP contribution in [0.4, 0.5) is 0 Å². The first-order valence-corrected chi connectivity index (χ1v) is 5.57. The number of ether oxygens (including phenoxy) is 2. The van der Waals surface area contributed by atoms with Crippen LogP contribution in [0.5, 0.6) is 11.5 Å². The normalized spacial score (nSPS) is 12.5. The molecule has 2 nitrogen and oxygen atoms in total. The maximum atomic E-state index is 5.52. The van der Waals surface area contributed by atoms with Crippen molar-refractivity contribution in [3.8, 4) is 11.5 Å². The molecular weight excluding hydrogens is 212 g/mol. The van der Waals surface area contributed by atoms with Crippen LogP contribution in [0.2, 0.25) is 0 Å². The summed E-state index contributed by atoms with van der Waals surface area (Å²) in [6.45, 7) is 0. The van der Waals surface area contributed by atoms with Gasteiger partial charge in [0.2, 0.25) is 0 Å². The summed E-state index contributed by atoms with van der Waals surface area (Å²) in [5, 5.41) is 0. The standard InChI is InChI=1S/C15H12O2/c1-2-5-12(6-3-1)11-13-7-4-8-14-15(13)17-10-9-16-14/h1-10H,11H2. The third-order valence-electron chi connectivity index (χ3n) is 2.73. The van der Waals surface area contributed by atoms with Gasteiger partial charge in [0.05, 0.1) is 0 Å². The second-order valence-electron chi connectivity index (χ2n) is 3.91. The molecule has 0 saturated heterocycles. The lowest BCUT2D eigenvalue weighted by Crippen LogP contribution is -2.00. The van der Waals surface area contributed by atoms with Crippen molar-refractivity contribution < 1.29 is 9.47 Å². The van der Waals surface area contributed by atoms with Crippen LogP contribution < -0.4 is 9.47 Å². The minimum Gasteiger partial charge on any atom is -0.458 e. The Balaban J connectivity index is 1.94. The third-order valence-corrected chi connectivity index (χ3v) is 2.73. The summed E-state index contributed by atoms with van der Waals surface area (Å²) in [4.78, 5) is 0. The molecule has 0 fully saturated rings. The molecule has 2 aromatic rings. The molecular formula is C15H12O2. The summed E-state index contributed by atoms with van der Waals surface area (Å²) in [7, 11) is 0. The van der Waals surface area contributed by atoms with Crippen molar-refractivity contribution in [2.45, 2.75) is 6.42 Å². The molecule has 0 bridgehead atoms. The second-order valence-corrected chi connectivity index (χ2v) is 3.91. The molecule has 1 aliphatic heterocycles. The zero-order chi connectivity index (χ0) is 11.5. The van der Waals surface area contributed by atoms with Gasteiger partial charge in [-0.1, -0.05) is 42.5 Å². The van der Waals surface area contributed by atoms with E-state index in [0.717, 1.165) is 23.5 Å². The Kier molecular flexibility index (Phi) is 2.54. The van der Waals surface area contributed by atoms with Crippen LogP contribution in [0.3, 0.4) is 0 Å². The van der Waals surface area contributed by atoms with E-state index in [-0.39, 0.29) is 0 Å². The summed E-state index contributed by atoms with van der Waals surface area (Å²) >= 11 is 0. The maximum absolute atomic E-state index is 5.52. The average molecular weight is 224 g/mol. The molecule has 0 amide bonds. The molecule has 0 radical (unpaired) electrons. The van der Waals surface area contributed by atoms with Crippen molar-refractivity contribution in [3.63, 3.8) is 0 Å². The molecule has 0 spiro atoms. The molecule has 84 valence electrons. The summed E-state index contributed by atoms with van der Waals surface area (Å²) in [6, 6.07) is 16.3. The van der Waals surface area contributed by atoms with E-state index in [0.29, 0.717) is 0 Å². The van der Waals surface area contributed by atoms with Gasteiger partial charge in [-0.2, -0.15) is 0 Å². The van der Waals surface area contributed by atoms with E-state index in [1.165, 1.54) is 5.56 Å².